The Balaban J connectivity index is 1.77. The number of carbonyl (C=O) groups excluding carboxylic acids is 1. The van der Waals surface area contributed by atoms with Crippen molar-refractivity contribution in [2.75, 3.05) is 18.9 Å². The lowest BCUT2D eigenvalue weighted by atomic mass is 10.2. The Morgan fingerprint density at radius 3 is 2.60 bits per heavy atom. The molecule has 6 nitrogen and oxygen atoms in total. The zero-order valence-corrected chi connectivity index (χ0v) is 15.3. The summed E-state index contributed by atoms with van der Waals surface area (Å²) >= 11 is 1.59. The Bertz CT molecular complexity index is 727. The first-order chi connectivity index (χ1) is 12.0. The molecule has 0 saturated carbocycles. The van der Waals surface area contributed by atoms with Crippen molar-refractivity contribution in [1.82, 2.24) is 15.6 Å². The van der Waals surface area contributed by atoms with Crippen molar-refractivity contribution in [2.24, 2.45) is 4.99 Å². The van der Waals surface area contributed by atoms with E-state index in [1.165, 1.54) is 24.3 Å². The van der Waals surface area contributed by atoms with Crippen LogP contribution in [0.15, 0.2) is 34.6 Å². The molecule has 0 aliphatic heterocycles. The second-order valence-corrected chi connectivity index (χ2v) is 6.60. The molecule has 0 spiro atoms. The summed E-state index contributed by atoms with van der Waals surface area (Å²) in [6.07, 6.45) is 0. The summed E-state index contributed by atoms with van der Waals surface area (Å²) in [5.41, 5.74) is 1.61. The van der Waals surface area contributed by atoms with Gasteiger partial charge in [0.1, 0.15) is 10.8 Å². The van der Waals surface area contributed by atoms with E-state index in [0.717, 1.165) is 10.7 Å². The minimum atomic E-state index is -0.344. The van der Waals surface area contributed by atoms with Crippen molar-refractivity contribution in [3.63, 3.8) is 0 Å². The maximum absolute atomic E-state index is 12.8. The van der Waals surface area contributed by atoms with E-state index in [1.54, 1.807) is 18.4 Å². The van der Waals surface area contributed by atoms with Crippen LogP contribution in [0.4, 0.5) is 10.1 Å². The molecule has 8 heteroatoms. The maximum Gasteiger partial charge on any atom is 0.243 e. The number of nitrogens with one attached hydrogen (secondary N) is 3. The van der Waals surface area contributed by atoms with Crippen LogP contribution in [-0.2, 0) is 11.3 Å². The van der Waals surface area contributed by atoms with Crippen LogP contribution in [-0.4, -0.2) is 30.4 Å². The van der Waals surface area contributed by atoms with Gasteiger partial charge in [0.15, 0.2) is 5.96 Å². The average Bonchev–Trinajstić information content (AvgIpc) is 3.06. The van der Waals surface area contributed by atoms with E-state index < -0.39 is 0 Å². The van der Waals surface area contributed by atoms with E-state index in [4.69, 9.17) is 0 Å². The molecule has 0 saturated heterocycles. The number of nitrogens with zero attached hydrogens (tertiary/aromatic N) is 2. The molecule has 2 aromatic rings. The third-order valence-electron chi connectivity index (χ3n) is 3.34. The Labute approximate surface area is 150 Å². The molecule has 1 amide bonds. The smallest absolute Gasteiger partial charge is 0.243 e. The maximum atomic E-state index is 12.8. The first-order valence-corrected chi connectivity index (χ1v) is 8.80. The quantitative estimate of drug-likeness (QED) is 0.545. The third-order valence-corrected chi connectivity index (χ3v) is 4.20. The normalized spacial score (nSPS) is 11.5. The van der Waals surface area contributed by atoms with Gasteiger partial charge in [0.25, 0.3) is 0 Å². The van der Waals surface area contributed by atoms with E-state index in [2.05, 4.69) is 39.8 Å². The van der Waals surface area contributed by atoms with Crippen LogP contribution in [0.3, 0.4) is 0 Å². The minimum Gasteiger partial charge on any atom is -0.350 e. The van der Waals surface area contributed by atoms with Gasteiger partial charge in [0.2, 0.25) is 5.91 Å². The Morgan fingerprint density at radius 1 is 1.28 bits per heavy atom. The van der Waals surface area contributed by atoms with Crippen molar-refractivity contribution in [2.45, 2.75) is 26.3 Å². The van der Waals surface area contributed by atoms with Gasteiger partial charge < -0.3 is 16.0 Å². The van der Waals surface area contributed by atoms with Gasteiger partial charge in [-0.15, -0.1) is 11.3 Å². The standard InChI is InChI=1S/C17H22FN5OS/c1-11(2)14-10-25-16(23-14)9-21-17(19-3)20-8-15(24)22-13-6-4-12(18)5-7-13/h4-7,10-11H,8-9H2,1-3H3,(H,22,24)(H2,19,20,21). The summed E-state index contributed by atoms with van der Waals surface area (Å²) < 4.78 is 12.8. The van der Waals surface area contributed by atoms with Gasteiger partial charge in [-0.1, -0.05) is 13.8 Å². The van der Waals surface area contributed by atoms with Crippen molar-refractivity contribution in [3.05, 3.63) is 46.2 Å². The number of benzene rings is 1. The molecule has 25 heavy (non-hydrogen) atoms. The van der Waals surface area contributed by atoms with Crippen LogP contribution in [0.1, 0.15) is 30.5 Å². The number of halogens is 1. The van der Waals surface area contributed by atoms with Crippen LogP contribution in [0, 0.1) is 5.82 Å². The van der Waals surface area contributed by atoms with Crippen molar-refractivity contribution >= 4 is 28.9 Å². The summed E-state index contributed by atoms with van der Waals surface area (Å²) in [6, 6.07) is 5.61. The summed E-state index contributed by atoms with van der Waals surface area (Å²) in [4.78, 5) is 20.5. The zero-order chi connectivity index (χ0) is 18.2. The molecule has 0 fully saturated rings. The topological polar surface area (TPSA) is 78.4 Å². The van der Waals surface area contributed by atoms with E-state index >= 15 is 0 Å². The second kappa shape index (κ2) is 9.12. The molecule has 0 unspecified atom stereocenters. The fourth-order valence-corrected chi connectivity index (χ4v) is 2.85. The van der Waals surface area contributed by atoms with E-state index in [9.17, 15) is 9.18 Å². The highest BCUT2D eigenvalue weighted by Crippen LogP contribution is 2.17. The lowest BCUT2D eigenvalue weighted by molar-refractivity contribution is -0.115. The molecular formula is C17H22FN5OS. The third kappa shape index (κ3) is 6.15. The average molecular weight is 363 g/mol. The summed E-state index contributed by atoms with van der Waals surface area (Å²) in [5, 5.41) is 11.7. The predicted molar refractivity (Wildman–Crippen MR) is 99.4 cm³/mol. The number of guanidine groups is 1. The second-order valence-electron chi connectivity index (χ2n) is 5.66. The van der Waals surface area contributed by atoms with Gasteiger partial charge in [-0.05, 0) is 30.2 Å². The fraction of sp³-hybridized carbons (Fsp3) is 0.353. The van der Waals surface area contributed by atoms with Gasteiger partial charge in [-0.25, -0.2) is 9.37 Å². The summed E-state index contributed by atoms with van der Waals surface area (Å²) in [6.45, 7) is 4.79. The van der Waals surface area contributed by atoms with Gasteiger partial charge in [-0.3, -0.25) is 9.79 Å². The SMILES string of the molecule is CN=C(NCC(=O)Nc1ccc(F)cc1)NCc1nc(C(C)C)cs1. The number of hydrogen-bond donors (Lipinski definition) is 3. The van der Waals surface area contributed by atoms with E-state index in [-0.39, 0.29) is 18.3 Å². The summed E-state index contributed by atoms with van der Waals surface area (Å²) in [5.74, 6) is 0.322. The Kier molecular flexibility index (Phi) is 6.88. The molecule has 3 N–H and O–H groups in total. The number of hydrogen-bond acceptors (Lipinski definition) is 4. The molecule has 0 aliphatic rings. The van der Waals surface area contributed by atoms with Crippen LogP contribution in [0.2, 0.25) is 0 Å². The fourth-order valence-electron chi connectivity index (χ4n) is 1.95. The number of thiazole rings is 1. The number of rotatable bonds is 6. The first-order valence-electron chi connectivity index (χ1n) is 7.92. The molecule has 0 aliphatic carbocycles. The molecule has 1 heterocycles. The highest BCUT2D eigenvalue weighted by atomic mass is 32.1. The highest BCUT2D eigenvalue weighted by molar-refractivity contribution is 7.09. The van der Waals surface area contributed by atoms with Crippen molar-refractivity contribution in [1.29, 1.82) is 0 Å². The molecule has 2 rings (SSSR count). The van der Waals surface area contributed by atoms with E-state index in [0.29, 0.717) is 24.1 Å². The van der Waals surface area contributed by atoms with Gasteiger partial charge in [0.05, 0.1) is 18.8 Å². The van der Waals surface area contributed by atoms with Crippen LogP contribution < -0.4 is 16.0 Å². The lowest BCUT2D eigenvalue weighted by Crippen LogP contribution is -2.41. The van der Waals surface area contributed by atoms with Crippen LogP contribution in [0.5, 0.6) is 0 Å². The highest BCUT2D eigenvalue weighted by Gasteiger charge is 2.08. The van der Waals surface area contributed by atoms with Crippen LogP contribution in [0.25, 0.3) is 0 Å². The number of anilines is 1. The minimum absolute atomic E-state index is 0.0478. The molecular weight excluding hydrogens is 341 g/mol. The Morgan fingerprint density at radius 2 is 2.00 bits per heavy atom. The van der Waals surface area contributed by atoms with Gasteiger partial charge in [-0.2, -0.15) is 0 Å². The van der Waals surface area contributed by atoms with Gasteiger partial charge in [0, 0.05) is 18.1 Å². The van der Waals surface area contributed by atoms with E-state index in [1.807, 2.05) is 5.38 Å². The monoisotopic (exact) mass is 363 g/mol. The number of aliphatic imine (C=N–C) groups is 1. The molecule has 1 aromatic heterocycles. The number of aromatic nitrogens is 1. The van der Waals surface area contributed by atoms with Crippen molar-refractivity contribution < 1.29 is 9.18 Å². The molecule has 0 bridgehead atoms. The van der Waals surface area contributed by atoms with Crippen LogP contribution >= 0.6 is 11.3 Å². The summed E-state index contributed by atoms with van der Waals surface area (Å²) in [7, 11) is 1.63. The number of amides is 1. The molecule has 134 valence electrons. The van der Waals surface area contributed by atoms with Crippen molar-refractivity contribution in [3.8, 4) is 0 Å². The number of carbonyl (C=O) groups is 1. The Hall–Kier alpha value is -2.48. The predicted octanol–water partition coefficient (Wildman–Crippen LogP) is 2.71. The molecule has 1 aromatic carbocycles. The zero-order valence-electron chi connectivity index (χ0n) is 14.5. The lowest BCUT2D eigenvalue weighted by Gasteiger charge is -2.11. The molecule has 0 atom stereocenters. The first kappa shape index (κ1) is 18.9. The van der Waals surface area contributed by atoms with Gasteiger partial charge >= 0.3 is 0 Å². The molecule has 0 radical (unpaired) electrons. The largest absolute Gasteiger partial charge is 0.350 e.